The Bertz CT molecular complexity index is 705. The SMILES string of the molecule is CCCCCCCCCCCC[N+](C)(C)CCOC(=O)C(C)(CC(C)C(C)C)CC(CC(C)C)N1CCCC1=O. The molecule has 1 aliphatic rings. The summed E-state index contributed by atoms with van der Waals surface area (Å²) in [7, 11) is 4.53. The molecule has 1 fully saturated rings. The number of amides is 1. The molecule has 236 valence electrons. The van der Waals surface area contributed by atoms with E-state index in [2.05, 4.69) is 67.5 Å². The fourth-order valence-electron chi connectivity index (χ4n) is 6.34. The third kappa shape index (κ3) is 14.7. The van der Waals surface area contributed by atoms with Crippen LogP contribution in [0.15, 0.2) is 0 Å². The molecule has 1 amide bonds. The number of esters is 1. The molecule has 0 saturated carbocycles. The number of nitrogens with zero attached hydrogens (tertiary/aromatic N) is 2. The summed E-state index contributed by atoms with van der Waals surface area (Å²) < 4.78 is 6.95. The van der Waals surface area contributed by atoms with Crippen LogP contribution < -0.4 is 0 Å². The van der Waals surface area contributed by atoms with Gasteiger partial charge < -0.3 is 14.1 Å². The summed E-state index contributed by atoms with van der Waals surface area (Å²) in [5, 5.41) is 0. The van der Waals surface area contributed by atoms with Crippen LogP contribution in [-0.4, -0.2) is 67.6 Å². The number of carbonyl (C=O) groups is 2. The van der Waals surface area contributed by atoms with Gasteiger partial charge in [-0.3, -0.25) is 9.59 Å². The molecule has 0 aliphatic carbocycles. The molecular formula is C35H69N2O3+. The Hall–Kier alpha value is -1.10. The molecule has 5 heteroatoms. The quantitative estimate of drug-likeness (QED) is 0.0707. The molecule has 0 radical (unpaired) electrons. The molecule has 3 unspecified atom stereocenters. The maximum atomic E-state index is 13.7. The fraction of sp³-hybridized carbons (Fsp3) is 0.943. The molecule has 1 heterocycles. The summed E-state index contributed by atoms with van der Waals surface area (Å²) in [5.74, 6) is 1.57. The van der Waals surface area contributed by atoms with E-state index >= 15 is 0 Å². The minimum Gasteiger partial charge on any atom is -0.459 e. The topological polar surface area (TPSA) is 46.6 Å². The summed E-state index contributed by atoms with van der Waals surface area (Å²) >= 11 is 0. The van der Waals surface area contributed by atoms with E-state index < -0.39 is 5.41 Å². The highest BCUT2D eigenvalue weighted by atomic mass is 16.5. The van der Waals surface area contributed by atoms with Gasteiger partial charge in [0.1, 0.15) is 13.2 Å². The molecule has 3 atom stereocenters. The van der Waals surface area contributed by atoms with Crippen molar-refractivity contribution in [1.82, 2.24) is 4.90 Å². The summed E-state index contributed by atoms with van der Waals surface area (Å²) in [6, 6.07) is 0.107. The number of ether oxygens (including phenoxy) is 1. The van der Waals surface area contributed by atoms with Crippen molar-refractivity contribution < 1.29 is 18.8 Å². The van der Waals surface area contributed by atoms with Gasteiger partial charge in [0, 0.05) is 19.0 Å². The Morgan fingerprint density at radius 3 is 1.98 bits per heavy atom. The third-order valence-corrected chi connectivity index (χ3v) is 9.43. The van der Waals surface area contributed by atoms with E-state index in [1.54, 1.807) is 0 Å². The van der Waals surface area contributed by atoms with Gasteiger partial charge >= 0.3 is 5.97 Å². The van der Waals surface area contributed by atoms with Gasteiger partial charge in [-0.25, -0.2) is 0 Å². The van der Waals surface area contributed by atoms with Crippen LogP contribution in [0.25, 0.3) is 0 Å². The van der Waals surface area contributed by atoms with Crippen molar-refractivity contribution in [2.45, 2.75) is 151 Å². The average molecular weight is 566 g/mol. The van der Waals surface area contributed by atoms with Gasteiger partial charge in [-0.2, -0.15) is 0 Å². The molecule has 5 nitrogen and oxygen atoms in total. The molecule has 0 spiro atoms. The van der Waals surface area contributed by atoms with E-state index in [0.29, 0.717) is 37.2 Å². The zero-order valence-corrected chi connectivity index (χ0v) is 28.4. The lowest BCUT2D eigenvalue weighted by Gasteiger charge is -2.38. The third-order valence-electron chi connectivity index (χ3n) is 9.43. The van der Waals surface area contributed by atoms with Gasteiger partial charge in [-0.1, -0.05) is 92.9 Å². The lowest BCUT2D eigenvalue weighted by atomic mass is 9.73. The second-order valence-electron chi connectivity index (χ2n) is 14.9. The summed E-state index contributed by atoms with van der Waals surface area (Å²) in [4.78, 5) is 28.5. The van der Waals surface area contributed by atoms with E-state index in [-0.39, 0.29) is 17.9 Å². The minimum atomic E-state index is -0.584. The molecule has 0 aromatic carbocycles. The first-order valence-electron chi connectivity index (χ1n) is 17.1. The van der Waals surface area contributed by atoms with Crippen molar-refractivity contribution in [3.05, 3.63) is 0 Å². The lowest BCUT2D eigenvalue weighted by molar-refractivity contribution is -0.890. The number of hydrogen-bond acceptors (Lipinski definition) is 3. The number of likely N-dealkylation sites (tertiary alicyclic amines) is 1. The average Bonchev–Trinajstić information content (AvgIpc) is 3.30. The Kier molecular flexibility index (Phi) is 17.7. The van der Waals surface area contributed by atoms with Gasteiger partial charge in [-0.05, 0) is 63.2 Å². The van der Waals surface area contributed by atoms with E-state index in [1.807, 2.05) is 0 Å². The predicted octanol–water partition coefficient (Wildman–Crippen LogP) is 8.64. The highest BCUT2D eigenvalue weighted by molar-refractivity contribution is 5.79. The van der Waals surface area contributed by atoms with Crippen LogP contribution in [0.5, 0.6) is 0 Å². The molecule has 0 aromatic rings. The molecule has 1 saturated heterocycles. The van der Waals surface area contributed by atoms with E-state index in [0.717, 1.165) is 43.4 Å². The summed E-state index contributed by atoms with van der Waals surface area (Å²) in [6.07, 6.45) is 17.6. The number of rotatable bonds is 23. The lowest BCUT2D eigenvalue weighted by Crippen LogP contribution is -2.46. The van der Waals surface area contributed by atoms with E-state index in [1.165, 1.54) is 64.2 Å². The van der Waals surface area contributed by atoms with Crippen LogP contribution >= 0.6 is 0 Å². The Labute approximate surface area is 249 Å². The molecule has 0 aromatic heterocycles. The Morgan fingerprint density at radius 1 is 0.900 bits per heavy atom. The van der Waals surface area contributed by atoms with Crippen LogP contribution in [0.4, 0.5) is 0 Å². The molecule has 40 heavy (non-hydrogen) atoms. The van der Waals surface area contributed by atoms with Crippen molar-refractivity contribution in [3.8, 4) is 0 Å². The van der Waals surface area contributed by atoms with Crippen LogP contribution in [0.3, 0.4) is 0 Å². The number of hydrogen-bond donors (Lipinski definition) is 0. The monoisotopic (exact) mass is 566 g/mol. The molecule has 0 N–H and O–H groups in total. The molecular weight excluding hydrogens is 496 g/mol. The largest absolute Gasteiger partial charge is 0.459 e. The maximum Gasteiger partial charge on any atom is 0.312 e. The van der Waals surface area contributed by atoms with Gasteiger partial charge in [-0.15, -0.1) is 0 Å². The second kappa shape index (κ2) is 19.2. The minimum absolute atomic E-state index is 0.0701. The normalized spacial score (nSPS) is 17.5. The van der Waals surface area contributed by atoms with Crippen LogP contribution in [0.1, 0.15) is 145 Å². The number of quaternary nitrogens is 1. The number of unbranched alkanes of at least 4 members (excludes halogenated alkanes) is 9. The van der Waals surface area contributed by atoms with Crippen LogP contribution in [0, 0.1) is 23.2 Å². The maximum absolute atomic E-state index is 13.7. The van der Waals surface area contributed by atoms with Gasteiger partial charge in [0.25, 0.3) is 0 Å². The van der Waals surface area contributed by atoms with Crippen molar-refractivity contribution in [3.63, 3.8) is 0 Å². The van der Waals surface area contributed by atoms with Crippen molar-refractivity contribution in [1.29, 1.82) is 0 Å². The fourth-order valence-corrected chi connectivity index (χ4v) is 6.34. The van der Waals surface area contributed by atoms with Crippen LogP contribution in [0.2, 0.25) is 0 Å². The number of carbonyl (C=O) groups excluding carboxylic acids is 2. The van der Waals surface area contributed by atoms with Gasteiger partial charge in [0.05, 0.1) is 26.1 Å². The molecule has 0 bridgehead atoms. The summed E-state index contributed by atoms with van der Waals surface area (Å²) in [5.41, 5.74) is -0.584. The number of likely N-dealkylation sites (N-methyl/N-ethyl adjacent to an activating group) is 1. The first kappa shape index (κ1) is 36.9. The molecule has 1 rings (SSSR count). The zero-order valence-electron chi connectivity index (χ0n) is 28.4. The first-order chi connectivity index (χ1) is 18.8. The van der Waals surface area contributed by atoms with Crippen molar-refractivity contribution in [2.75, 3.05) is 40.3 Å². The smallest absolute Gasteiger partial charge is 0.312 e. The standard InChI is InChI=1S/C35H69N2O3/c1-10-11-12-13-14-15-16-17-18-19-23-37(8,9)24-25-40-34(39)35(7,27-31(6)30(4)5)28-32(26-29(2)3)36-22-20-21-33(36)38/h29-32H,10-28H2,1-9H3/q+1. The molecule has 1 aliphatic heterocycles. The van der Waals surface area contributed by atoms with Crippen molar-refractivity contribution in [2.24, 2.45) is 23.2 Å². The Morgan fingerprint density at radius 2 is 1.48 bits per heavy atom. The van der Waals surface area contributed by atoms with Crippen molar-refractivity contribution >= 4 is 11.9 Å². The second-order valence-corrected chi connectivity index (χ2v) is 14.9. The predicted molar refractivity (Wildman–Crippen MR) is 170 cm³/mol. The zero-order chi connectivity index (χ0) is 30.2. The van der Waals surface area contributed by atoms with Gasteiger partial charge in [0.15, 0.2) is 0 Å². The van der Waals surface area contributed by atoms with E-state index in [4.69, 9.17) is 4.74 Å². The highest BCUT2D eigenvalue weighted by Gasteiger charge is 2.42. The van der Waals surface area contributed by atoms with Crippen LogP contribution in [-0.2, 0) is 14.3 Å². The summed E-state index contributed by atoms with van der Waals surface area (Å²) in [6.45, 7) is 18.8. The highest BCUT2D eigenvalue weighted by Crippen LogP contribution is 2.38. The van der Waals surface area contributed by atoms with Gasteiger partial charge in [0.2, 0.25) is 5.91 Å². The first-order valence-corrected chi connectivity index (χ1v) is 17.1. The van der Waals surface area contributed by atoms with E-state index in [9.17, 15) is 9.59 Å². The Balaban J connectivity index is 2.62.